The van der Waals surface area contributed by atoms with Gasteiger partial charge in [-0.05, 0) is 38.5 Å². The number of hydrogen-bond donors (Lipinski definition) is 3. The summed E-state index contributed by atoms with van der Waals surface area (Å²) in [4.78, 5) is 23.0. The zero-order valence-electron chi connectivity index (χ0n) is 11.9. The second-order valence-electron chi connectivity index (χ2n) is 5.33. The summed E-state index contributed by atoms with van der Waals surface area (Å²) in [5, 5.41) is 22.3. The van der Waals surface area contributed by atoms with E-state index in [-0.39, 0.29) is 0 Å². The Morgan fingerprint density at radius 2 is 1.86 bits per heavy atom. The molecule has 2 unspecified atom stereocenters. The van der Waals surface area contributed by atoms with E-state index in [0.29, 0.717) is 15.6 Å². The molecule has 21 heavy (non-hydrogen) atoms. The molecule has 116 valence electrons. The van der Waals surface area contributed by atoms with Crippen LogP contribution in [-0.2, 0) is 9.59 Å². The van der Waals surface area contributed by atoms with E-state index in [1.54, 1.807) is 25.1 Å². The Bertz CT molecular complexity index is 560. The molecule has 0 aliphatic rings. The average Bonchev–Trinajstić information content (AvgIpc) is 2.37. The minimum Gasteiger partial charge on any atom is -0.481 e. The van der Waals surface area contributed by atoms with Gasteiger partial charge >= 0.3 is 5.97 Å². The summed E-state index contributed by atoms with van der Waals surface area (Å²) in [5.41, 5.74) is -0.970. The Morgan fingerprint density at radius 1 is 1.29 bits per heavy atom. The van der Waals surface area contributed by atoms with Crippen LogP contribution in [0.1, 0.15) is 32.4 Å². The highest BCUT2D eigenvalue weighted by molar-refractivity contribution is 6.35. The van der Waals surface area contributed by atoms with Gasteiger partial charge in [-0.3, -0.25) is 9.59 Å². The van der Waals surface area contributed by atoms with Crippen LogP contribution >= 0.6 is 23.2 Å². The van der Waals surface area contributed by atoms with Gasteiger partial charge in [0.25, 0.3) is 0 Å². The van der Waals surface area contributed by atoms with Crippen LogP contribution in [0.15, 0.2) is 18.2 Å². The highest BCUT2D eigenvalue weighted by Gasteiger charge is 2.40. The summed E-state index contributed by atoms with van der Waals surface area (Å²) in [6.45, 7) is 4.23. The van der Waals surface area contributed by atoms with E-state index in [4.69, 9.17) is 28.3 Å². The Hall–Kier alpha value is -1.30. The Labute approximate surface area is 132 Å². The zero-order chi connectivity index (χ0) is 16.4. The Morgan fingerprint density at radius 3 is 2.33 bits per heavy atom. The largest absolute Gasteiger partial charge is 0.481 e. The summed E-state index contributed by atoms with van der Waals surface area (Å²) in [7, 11) is 0. The number of hydrogen-bond acceptors (Lipinski definition) is 3. The van der Waals surface area contributed by atoms with Crippen molar-refractivity contribution < 1.29 is 19.8 Å². The van der Waals surface area contributed by atoms with Crippen molar-refractivity contribution in [1.82, 2.24) is 5.32 Å². The van der Waals surface area contributed by atoms with Crippen LogP contribution in [0.3, 0.4) is 0 Å². The number of carboxylic acid groups (broad SMARTS) is 1. The predicted octanol–water partition coefficient (Wildman–Crippen LogP) is 2.64. The molecule has 0 aliphatic carbocycles. The number of rotatable bonds is 5. The lowest BCUT2D eigenvalue weighted by atomic mass is 9.86. The number of benzene rings is 1. The number of nitrogens with one attached hydrogen (secondary N) is 1. The molecule has 0 fully saturated rings. The van der Waals surface area contributed by atoms with E-state index in [1.807, 2.05) is 0 Å². The van der Waals surface area contributed by atoms with E-state index in [1.165, 1.54) is 13.8 Å². The topological polar surface area (TPSA) is 86.6 Å². The van der Waals surface area contributed by atoms with Crippen molar-refractivity contribution in [3.8, 4) is 0 Å². The van der Waals surface area contributed by atoms with Crippen molar-refractivity contribution in [2.45, 2.75) is 32.9 Å². The van der Waals surface area contributed by atoms with Crippen LogP contribution in [-0.4, -0.2) is 28.2 Å². The SMILES string of the molecule is CC(NC(=O)C(O)C(C)(C)C(=O)O)c1ccc(Cl)cc1Cl. The van der Waals surface area contributed by atoms with Gasteiger partial charge in [-0.15, -0.1) is 0 Å². The predicted molar refractivity (Wildman–Crippen MR) is 80.4 cm³/mol. The van der Waals surface area contributed by atoms with E-state index >= 15 is 0 Å². The molecular weight excluding hydrogens is 317 g/mol. The molecule has 0 bridgehead atoms. The normalized spacial score (nSPS) is 14.4. The molecule has 3 N–H and O–H groups in total. The van der Waals surface area contributed by atoms with Crippen molar-refractivity contribution in [1.29, 1.82) is 0 Å². The van der Waals surface area contributed by atoms with Crippen molar-refractivity contribution in [2.24, 2.45) is 5.41 Å². The fraction of sp³-hybridized carbons (Fsp3) is 0.429. The number of carbonyl (C=O) groups is 2. The lowest BCUT2D eigenvalue weighted by molar-refractivity contribution is -0.159. The summed E-state index contributed by atoms with van der Waals surface area (Å²) >= 11 is 11.8. The van der Waals surface area contributed by atoms with E-state index in [9.17, 15) is 14.7 Å². The van der Waals surface area contributed by atoms with Gasteiger partial charge in [0.15, 0.2) is 0 Å². The van der Waals surface area contributed by atoms with E-state index < -0.39 is 29.4 Å². The van der Waals surface area contributed by atoms with Crippen molar-refractivity contribution in [3.63, 3.8) is 0 Å². The highest BCUT2D eigenvalue weighted by atomic mass is 35.5. The molecule has 0 aromatic heterocycles. The van der Waals surface area contributed by atoms with Gasteiger partial charge < -0.3 is 15.5 Å². The van der Waals surface area contributed by atoms with Crippen LogP contribution in [0.25, 0.3) is 0 Å². The molecule has 2 atom stereocenters. The van der Waals surface area contributed by atoms with Gasteiger partial charge in [0.2, 0.25) is 5.91 Å². The van der Waals surface area contributed by atoms with Gasteiger partial charge in [0, 0.05) is 10.0 Å². The third kappa shape index (κ3) is 4.09. The first kappa shape index (κ1) is 17.8. The molecule has 1 aromatic carbocycles. The van der Waals surface area contributed by atoms with Gasteiger partial charge in [-0.2, -0.15) is 0 Å². The number of carbonyl (C=O) groups excluding carboxylic acids is 1. The molecule has 7 heteroatoms. The maximum atomic E-state index is 12.0. The van der Waals surface area contributed by atoms with E-state index in [0.717, 1.165) is 0 Å². The molecular formula is C14H17Cl2NO4. The molecule has 0 radical (unpaired) electrons. The second kappa shape index (κ2) is 6.64. The van der Waals surface area contributed by atoms with Gasteiger partial charge in [-0.1, -0.05) is 29.3 Å². The molecule has 0 saturated heterocycles. The molecule has 1 amide bonds. The molecule has 0 saturated carbocycles. The number of aliphatic hydroxyl groups excluding tert-OH is 1. The van der Waals surface area contributed by atoms with Crippen LogP contribution in [0.5, 0.6) is 0 Å². The minimum atomic E-state index is -1.68. The second-order valence-corrected chi connectivity index (χ2v) is 6.17. The monoisotopic (exact) mass is 333 g/mol. The molecule has 1 aromatic rings. The fourth-order valence-electron chi connectivity index (χ4n) is 1.67. The average molecular weight is 334 g/mol. The van der Waals surface area contributed by atoms with Crippen molar-refractivity contribution >= 4 is 35.1 Å². The molecule has 1 rings (SSSR count). The molecule has 5 nitrogen and oxygen atoms in total. The van der Waals surface area contributed by atoms with Gasteiger partial charge in [0.05, 0.1) is 11.5 Å². The van der Waals surface area contributed by atoms with Gasteiger partial charge in [0.1, 0.15) is 6.10 Å². The summed E-state index contributed by atoms with van der Waals surface area (Å²) in [6.07, 6.45) is -1.68. The standard InChI is InChI=1S/C14H17Cl2NO4/c1-7(9-5-4-8(15)6-10(9)16)17-12(19)11(18)14(2,3)13(20)21/h4-7,11,18H,1-3H3,(H,17,19)(H,20,21). The number of aliphatic carboxylic acids is 1. The fourth-order valence-corrected chi connectivity index (χ4v) is 2.24. The van der Waals surface area contributed by atoms with Gasteiger partial charge in [-0.25, -0.2) is 0 Å². The summed E-state index contributed by atoms with van der Waals surface area (Å²) in [6, 6.07) is 4.33. The number of carboxylic acids is 1. The summed E-state index contributed by atoms with van der Waals surface area (Å²) < 4.78 is 0. The number of aliphatic hydroxyl groups is 1. The quantitative estimate of drug-likeness (QED) is 0.773. The number of halogens is 2. The summed E-state index contributed by atoms with van der Waals surface area (Å²) in [5.74, 6) is -2.04. The first-order valence-electron chi connectivity index (χ1n) is 6.24. The maximum absolute atomic E-state index is 12.0. The molecule has 0 spiro atoms. The van der Waals surface area contributed by atoms with Crippen LogP contribution < -0.4 is 5.32 Å². The van der Waals surface area contributed by atoms with Crippen molar-refractivity contribution in [2.75, 3.05) is 0 Å². The lowest BCUT2D eigenvalue weighted by Gasteiger charge is -2.26. The van der Waals surface area contributed by atoms with E-state index in [2.05, 4.69) is 5.32 Å². The van der Waals surface area contributed by atoms with Crippen molar-refractivity contribution in [3.05, 3.63) is 33.8 Å². The highest BCUT2D eigenvalue weighted by Crippen LogP contribution is 2.27. The maximum Gasteiger partial charge on any atom is 0.312 e. The van der Waals surface area contributed by atoms with Crippen LogP contribution in [0.4, 0.5) is 0 Å². The van der Waals surface area contributed by atoms with Crippen LogP contribution in [0.2, 0.25) is 10.0 Å². The Balaban J connectivity index is 2.85. The third-order valence-electron chi connectivity index (χ3n) is 3.27. The first-order chi connectivity index (χ1) is 9.57. The minimum absolute atomic E-state index is 0.377. The molecule has 0 aliphatic heterocycles. The lowest BCUT2D eigenvalue weighted by Crippen LogP contribution is -2.48. The zero-order valence-corrected chi connectivity index (χ0v) is 13.4. The first-order valence-corrected chi connectivity index (χ1v) is 6.99. The smallest absolute Gasteiger partial charge is 0.312 e. The Kier molecular flexibility index (Phi) is 5.61. The third-order valence-corrected chi connectivity index (χ3v) is 3.83. The molecule has 0 heterocycles. The van der Waals surface area contributed by atoms with Crippen LogP contribution in [0, 0.1) is 5.41 Å². The number of amides is 1.